The van der Waals surface area contributed by atoms with Crippen LogP contribution in [-0.2, 0) is 42.9 Å². The summed E-state index contributed by atoms with van der Waals surface area (Å²) in [5.74, 6) is -3.37. The SMILES string of the molecule is COC(=O)[C@@H]1O[C@@H](O)[C@@H](OC(C)=O)[C@H](OC(C)=O)[C@H]1OC(C)=O. The van der Waals surface area contributed by atoms with Crippen LogP contribution in [0.5, 0.6) is 0 Å². The molecule has 0 aliphatic carbocycles. The second-order valence-corrected chi connectivity index (χ2v) is 4.69. The van der Waals surface area contributed by atoms with Gasteiger partial charge in [-0.05, 0) is 0 Å². The lowest BCUT2D eigenvalue weighted by atomic mass is 9.98. The van der Waals surface area contributed by atoms with E-state index in [-0.39, 0.29) is 0 Å². The summed E-state index contributed by atoms with van der Waals surface area (Å²) in [5.41, 5.74) is 0. The molecule has 10 nitrogen and oxygen atoms in total. The van der Waals surface area contributed by atoms with Gasteiger partial charge in [0.1, 0.15) is 0 Å². The molecule has 0 bridgehead atoms. The van der Waals surface area contributed by atoms with Gasteiger partial charge in [-0.15, -0.1) is 0 Å². The van der Waals surface area contributed by atoms with Crippen molar-refractivity contribution in [2.75, 3.05) is 7.11 Å². The Labute approximate surface area is 131 Å². The van der Waals surface area contributed by atoms with Crippen molar-refractivity contribution in [3.63, 3.8) is 0 Å². The van der Waals surface area contributed by atoms with Crippen LogP contribution in [0.1, 0.15) is 20.8 Å². The minimum absolute atomic E-state index is 0.798. The maximum Gasteiger partial charge on any atom is 0.339 e. The van der Waals surface area contributed by atoms with Gasteiger partial charge in [-0.1, -0.05) is 0 Å². The standard InChI is InChI=1S/C13H18O10/c1-5(14)20-8-9(21-6(2)15)11(22-7(3)16)13(18)23-10(8)12(17)19-4/h8-11,13,18H,1-4H3/t8-,9-,10-,11+,13-/m1/s1. The lowest BCUT2D eigenvalue weighted by Crippen LogP contribution is -2.63. The molecule has 0 spiro atoms. The maximum absolute atomic E-state index is 11.8. The third-order valence-electron chi connectivity index (χ3n) is 2.85. The number of aliphatic hydroxyl groups is 1. The predicted molar refractivity (Wildman–Crippen MR) is 69.6 cm³/mol. The fourth-order valence-corrected chi connectivity index (χ4v) is 2.10. The lowest BCUT2D eigenvalue weighted by molar-refractivity contribution is -0.289. The van der Waals surface area contributed by atoms with Gasteiger partial charge in [0, 0.05) is 20.8 Å². The Morgan fingerprint density at radius 3 is 1.70 bits per heavy atom. The Morgan fingerprint density at radius 1 is 0.826 bits per heavy atom. The minimum atomic E-state index is -1.79. The van der Waals surface area contributed by atoms with Crippen molar-refractivity contribution >= 4 is 23.9 Å². The first-order chi connectivity index (χ1) is 10.7. The molecule has 0 aromatic carbocycles. The highest BCUT2D eigenvalue weighted by atomic mass is 16.7. The summed E-state index contributed by atoms with van der Waals surface area (Å²) in [7, 11) is 1.06. The van der Waals surface area contributed by atoms with Gasteiger partial charge in [-0.2, -0.15) is 0 Å². The molecule has 130 valence electrons. The van der Waals surface area contributed by atoms with Gasteiger partial charge >= 0.3 is 23.9 Å². The number of hydrogen-bond donors (Lipinski definition) is 1. The van der Waals surface area contributed by atoms with Crippen LogP contribution in [0.3, 0.4) is 0 Å². The quantitative estimate of drug-likeness (QED) is 0.486. The van der Waals surface area contributed by atoms with Crippen LogP contribution in [0.2, 0.25) is 0 Å². The monoisotopic (exact) mass is 334 g/mol. The number of carbonyl (C=O) groups is 4. The highest BCUT2D eigenvalue weighted by Crippen LogP contribution is 2.28. The van der Waals surface area contributed by atoms with Crippen molar-refractivity contribution < 1.29 is 48.0 Å². The van der Waals surface area contributed by atoms with E-state index in [1.54, 1.807) is 0 Å². The summed E-state index contributed by atoms with van der Waals surface area (Å²) in [6, 6.07) is 0. The Bertz CT molecular complexity index is 487. The smallest absolute Gasteiger partial charge is 0.339 e. The highest BCUT2D eigenvalue weighted by Gasteiger charge is 2.54. The van der Waals surface area contributed by atoms with Crippen LogP contribution in [0.25, 0.3) is 0 Å². The molecular weight excluding hydrogens is 316 g/mol. The molecule has 0 aromatic rings. The van der Waals surface area contributed by atoms with E-state index in [9.17, 15) is 24.3 Å². The van der Waals surface area contributed by atoms with E-state index < -0.39 is 54.6 Å². The van der Waals surface area contributed by atoms with Crippen molar-refractivity contribution in [1.82, 2.24) is 0 Å². The topological polar surface area (TPSA) is 135 Å². The molecule has 1 saturated heterocycles. The Balaban J connectivity index is 3.21. The van der Waals surface area contributed by atoms with Crippen LogP contribution in [-0.4, -0.2) is 66.8 Å². The summed E-state index contributed by atoms with van der Waals surface area (Å²) in [6.07, 6.45) is -7.75. The van der Waals surface area contributed by atoms with Crippen LogP contribution in [0.15, 0.2) is 0 Å². The summed E-state index contributed by atoms with van der Waals surface area (Å²) in [6.45, 7) is 3.18. The molecule has 23 heavy (non-hydrogen) atoms. The van der Waals surface area contributed by atoms with Crippen molar-refractivity contribution in [2.24, 2.45) is 0 Å². The fourth-order valence-electron chi connectivity index (χ4n) is 2.10. The zero-order chi connectivity index (χ0) is 17.7. The Kier molecular flexibility index (Phi) is 6.46. The zero-order valence-electron chi connectivity index (χ0n) is 13.0. The molecule has 0 amide bonds. The molecule has 1 aliphatic heterocycles. The molecule has 5 atom stereocenters. The van der Waals surface area contributed by atoms with Crippen LogP contribution >= 0.6 is 0 Å². The van der Waals surface area contributed by atoms with E-state index in [0.29, 0.717) is 0 Å². The third kappa shape index (κ3) is 4.89. The first-order valence-corrected chi connectivity index (χ1v) is 6.60. The van der Waals surface area contributed by atoms with Gasteiger partial charge in [-0.25, -0.2) is 4.79 Å². The third-order valence-corrected chi connectivity index (χ3v) is 2.85. The highest BCUT2D eigenvalue weighted by molar-refractivity contribution is 5.77. The molecule has 1 N–H and O–H groups in total. The second-order valence-electron chi connectivity index (χ2n) is 4.69. The Morgan fingerprint density at radius 2 is 1.26 bits per heavy atom. The molecule has 10 heteroatoms. The number of ether oxygens (including phenoxy) is 5. The summed E-state index contributed by atoms with van der Waals surface area (Å²) in [5, 5.41) is 9.93. The summed E-state index contributed by atoms with van der Waals surface area (Å²) in [4.78, 5) is 45.5. The van der Waals surface area contributed by atoms with Crippen molar-refractivity contribution in [3.8, 4) is 0 Å². The number of esters is 4. The van der Waals surface area contributed by atoms with Gasteiger partial charge < -0.3 is 28.8 Å². The van der Waals surface area contributed by atoms with Crippen molar-refractivity contribution in [2.45, 2.75) is 51.5 Å². The van der Waals surface area contributed by atoms with Gasteiger partial charge in [0.15, 0.2) is 30.7 Å². The van der Waals surface area contributed by atoms with Crippen molar-refractivity contribution in [1.29, 1.82) is 0 Å². The van der Waals surface area contributed by atoms with E-state index in [1.807, 2.05) is 0 Å². The van der Waals surface area contributed by atoms with E-state index in [1.165, 1.54) is 0 Å². The van der Waals surface area contributed by atoms with E-state index in [0.717, 1.165) is 27.9 Å². The van der Waals surface area contributed by atoms with Crippen molar-refractivity contribution in [3.05, 3.63) is 0 Å². The van der Waals surface area contributed by atoms with Gasteiger partial charge in [0.2, 0.25) is 0 Å². The molecule has 0 unspecified atom stereocenters. The Hall–Kier alpha value is -2.20. The van der Waals surface area contributed by atoms with Gasteiger partial charge in [0.05, 0.1) is 7.11 Å². The lowest BCUT2D eigenvalue weighted by Gasteiger charge is -2.41. The molecule has 1 rings (SSSR count). The normalized spacial score (nSPS) is 30.0. The summed E-state index contributed by atoms with van der Waals surface area (Å²) >= 11 is 0. The van der Waals surface area contributed by atoms with Gasteiger partial charge in [0.25, 0.3) is 0 Å². The largest absolute Gasteiger partial charge is 0.467 e. The van der Waals surface area contributed by atoms with Crippen LogP contribution in [0.4, 0.5) is 0 Å². The van der Waals surface area contributed by atoms with Gasteiger partial charge in [-0.3, -0.25) is 14.4 Å². The number of hydrogen-bond acceptors (Lipinski definition) is 10. The summed E-state index contributed by atoms with van der Waals surface area (Å²) < 4.78 is 24.3. The number of rotatable bonds is 4. The van der Waals surface area contributed by atoms with Crippen LogP contribution in [0, 0.1) is 0 Å². The second kappa shape index (κ2) is 7.88. The molecule has 1 aliphatic rings. The maximum atomic E-state index is 11.8. The molecule has 0 aromatic heterocycles. The number of aliphatic hydroxyl groups excluding tert-OH is 1. The first-order valence-electron chi connectivity index (χ1n) is 6.60. The first kappa shape index (κ1) is 18.8. The minimum Gasteiger partial charge on any atom is -0.467 e. The van der Waals surface area contributed by atoms with E-state index >= 15 is 0 Å². The molecule has 0 saturated carbocycles. The zero-order valence-corrected chi connectivity index (χ0v) is 13.0. The molecular formula is C13H18O10. The van der Waals surface area contributed by atoms with E-state index in [2.05, 4.69) is 4.74 Å². The average molecular weight is 334 g/mol. The number of carbonyl (C=O) groups excluding carboxylic acids is 4. The fraction of sp³-hybridized carbons (Fsp3) is 0.692. The van der Waals surface area contributed by atoms with E-state index in [4.69, 9.17) is 18.9 Å². The molecule has 1 fully saturated rings. The van der Waals surface area contributed by atoms with Crippen LogP contribution < -0.4 is 0 Å². The average Bonchev–Trinajstić information content (AvgIpc) is 2.43. The molecule has 0 radical (unpaired) electrons. The number of methoxy groups -OCH3 is 1. The molecule has 1 heterocycles. The predicted octanol–water partition coefficient (Wildman–Crippen LogP) is -1.33.